The molecule has 0 radical (unpaired) electrons. The first kappa shape index (κ1) is 13.2. The van der Waals surface area contributed by atoms with Crippen LogP contribution in [0.3, 0.4) is 0 Å². The summed E-state index contributed by atoms with van der Waals surface area (Å²) in [6.07, 6.45) is 0.201. The molecule has 0 saturated heterocycles. The van der Waals surface area contributed by atoms with Crippen LogP contribution in [-0.4, -0.2) is 53.7 Å². The van der Waals surface area contributed by atoms with Crippen LogP contribution in [0.1, 0.15) is 12.5 Å². The maximum Gasteiger partial charge on any atom is 0.226 e. The number of rotatable bonds is 2. The van der Waals surface area contributed by atoms with Crippen molar-refractivity contribution >= 4 is 28.6 Å². The number of aliphatic hydroxyl groups excluding tert-OH is 3. The number of aromatic nitrogens is 4. The zero-order valence-electron chi connectivity index (χ0n) is 10.9. The molecule has 2 aliphatic rings. The molecule has 2 aromatic rings. The lowest BCUT2D eigenvalue weighted by Gasteiger charge is -2.23. The number of anilines is 1. The summed E-state index contributed by atoms with van der Waals surface area (Å²) in [6.45, 7) is -0.156. The van der Waals surface area contributed by atoms with Crippen LogP contribution in [0.25, 0.3) is 11.2 Å². The van der Waals surface area contributed by atoms with Crippen LogP contribution in [-0.2, 0) is 0 Å². The smallest absolute Gasteiger partial charge is 0.226 e. The highest BCUT2D eigenvalue weighted by Crippen LogP contribution is 2.67. The quantitative estimate of drug-likeness (QED) is 0.541. The van der Waals surface area contributed by atoms with Gasteiger partial charge in [-0.3, -0.25) is 0 Å². The molecular weight excluding hydrogens is 298 g/mol. The van der Waals surface area contributed by atoms with Gasteiger partial charge < -0.3 is 25.6 Å². The van der Waals surface area contributed by atoms with Gasteiger partial charge in [0.15, 0.2) is 11.5 Å². The molecule has 2 fully saturated rings. The highest BCUT2D eigenvalue weighted by molar-refractivity contribution is 6.28. The lowest BCUT2D eigenvalue weighted by atomic mass is 10.0. The van der Waals surface area contributed by atoms with E-state index in [4.69, 9.17) is 17.3 Å². The van der Waals surface area contributed by atoms with E-state index < -0.39 is 23.7 Å². The normalized spacial score (nSPS) is 37.9. The Morgan fingerprint density at radius 2 is 2.19 bits per heavy atom. The molecular formula is C12H14ClN5O3. The zero-order valence-corrected chi connectivity index (χ0v) is 11.6. The molecule has 5 atom stereocenters. The highest BCUT2D eigenvalue weighted by atomic mass is 35.5. The molecule has 2 heterocycles. The molecule has 9 heteroatoms. The first-order chi connectivity index (χ1) is 9.99. The third-order valence-electron chi connectivity index (χ3n) is 4.89. The second-order valence-corrected chi connectivity index (χ2v) is 6.17. The van der Waals surface area contributed by atoms with Crippen molar-refractivity contribution in [2.75, 3.05) is 12.3 Å². The van der Waals surface area contributed by atoms with Gasteiger partial charge in [0.2, 0.25) is 5.28 Å². The van der Waals surface area contributed by atoms with Gasteiger partial charge in [-0.15, -0.1) is 0 Å². The molecule has 4 rings (SSSR count). The minimum absolute atomic E-state index is 0.000923. The van der Waals surface area contributed by atoms with Gasteiger partial charge in [-0.1, -0.05) is 0 Å². The molecule has 2 aliphatic carbocycles. The van der Waals surface area contributed by atoms with E-state index in [9.17, 15) is 15.3 Å². The largest absolute Gasteiger partial charge is 0.396 e. The lowest BCUT2D eigenvalue weighted by molar-refractivity contribution is -0.0300. The predicted molar refractivity (Wildman–Crippen MR) is 73.4 cm³/mol. The Labute approximate surface area is 124 Å². The van der Waals surface area contributed by atoms with Crippen LogP contribution in [0, 0.1) is 11.3 Å². The number of nitrogen functional groups attached to an aromatic ring is 1. The van der Waals surface area contributed by atoms with E-state index >= 15 is 0 Å². The van der Waals surface area contributed by atoms with Crippen LogP contribution >= 0.6 is 11.6 Å². The van der Waals surface area contributed by atoms with E-state index in [0.29, 0.717) is 17.6 Å². The number of fused-ring (bicyclic) bond motifs is 2. The third kappa shape index (κ3) is 1.53. The summed E-state index contributed by atoms with van der Waals surface area (Å²) in [7, 11) is 0. The SMILES string of the molecule is Nc1nc(Cl)nc2c1ncn2[C@H]1[C@@H](O)[C@@H](O)[C@]2(CO)C[C@H]12. The van der Waals surface area contributed by atoms with Crippen molar-refractivity contribution in [3.63, 3.8) is 0 Å². The van der Waals surface area contributed by atoms with Gasteiger partial charge in [0.1, 0.15) is 11.6 Å². The molecule has 21 heavy (non-hydrogen) atoms. The number of halogens is 1. The van der Waals surface area contributed by atoms with Gasteiger partial charge in [-0.2, -0.15) is 9.97 Å². The molecule has 8 nitrogen and oxygen atoms in total. The molecule has 0 amide bonds. The van der Waals surface area contributed by atoms with E-state index in [0.717, 1.165) is 0 Å². The van der Waals surface area contributed by atoms with Crippen molar-refractivity contribution < 1.29 is 15.3 Å². The fourth-order valence-electron chi connectivity index (χ4n) is 3.68. The topological polar surface area (TPSA) is 130 Å². The summed E-state index contributed by atoms with van der Waals surface area (Å²) in [4.78, 5) is 12.1. The molecule has 0 aliphatic heterocycles. The highest BCUT2D eigenvalue weighted by Gasteiger charge is 2.71. The zero-order chi connectivity index (χ0) is 14.9. The Balaban J connectivity index is 1.85. The number of hydrogen-bond acceptors (Lipinski definition) is 7. The van der Waals surface area contributed by atoms with Crippen LogP contribution < -0.4 is 5.73 Å². The van der Waals surface area contributed by atoms with Crippen molar-refractivity contribution in [1.29, 1.82) is 0 Å². The molecule has 0 aromatic carbocycles. The Kier molecular flexibility index (Phi) is 2.54. The second kappa shape index (κ2) is 4.04. The Hall–Kier alpha value is -1.48. The molecule has 2 aromatic heterocycles. The number of nitrogens with two attached hydrogens (primary N) is 1. The minimum Gasteiger partial charge on any atom is -0.396 e. The van der Waals surface area contributed by atoms with Gasteiger partial charge in [0.25, 0.3) is 0 Å². The summed E-state index contributed by atoms with van der Waals surface area (Å²) in [5, 5.41) is 30.0. The van der Waals surface area contributed by atoms with Crippen molar-refractivity contribution in [1.82, 2.24) is 19.5 Å². The van der Waals surface area contributed by atoms with Gasteiger partial charge in [0, 0.05) is 5.41 Å². The summed E-state index contributed by atoms with van der Waals surface area (Å²) in [5.41, 5.74) is 5.97. The molecule has 0 spiro atoms. The molecule has 5 N–H and O–H groups in total. The number of aliphatic hydroxyl groups is 3. The van der Waals surface area contributed by atoms with Gasteiger partial charge >= 0.3 is 0 Å². The van der Waals surface area contributed by atoms with Crippen LogP contribution in [0.15, 0.2) is 6.33 Å². The third-order valence-corrected chi connectivity index (χ3v) is 5.06. The van der Waals surface area contributed by atoms with Gasteiger partial charge in [-0.05, 0) is 23.9 Å². The maximum absolute atomic E-state index is 10.3. The van der Waals surface area contributed by atoms with Crippen molar-refractivity contribution in [2.45, 2.75) is 24.7 Å². The summed E-state index contributed by atoms with van der Waals surface area (Å²) in [5.74, 6) is 0.140. The fourth-order valence-corrected chi connectivity index (χ4v) is 3.85. The lowest BCUT2D eigenvalue weighted by Crippen LogP contribution is -2.35. The average Bonchev–Trinajstić information content (AvgIpc) is 2.97. The summed E-state index contributed by atoms with van der Waals surface area (Å²) >= 11 is 5.83. The van der Waals surface area contributed by atoms with E-state index in [1.807, 2.05) is 0 Å². The second-order valence-electron chi connectivity index (χ2n) is 5.83. The van der Waals surface area contributed by atoms with E-state index in [1.54, 1.807) is 4.57 Å². The molecule has 0 unspecified atom stereocenters. The summed E-state index contributed by atoms with van der Waals surface area (Å²) in [6, 6.07) is -0.414. The van der Waals surface area contributed by atoms with Gasteiger partial charge in [0.05, 0.1) is 25.1 Å². The Morgan fingerprint density at radius 3 is 2.86 bits per heavy atom. The average molecular weight is 312 g/mol. The Morgan fingerprint density at radius 1 is 1.43 bits per heavy atom. The summed E-state index contributed by atoms with van der Waals surface area (Å²) < 4.78 is 1.67. The van der Waals surface area contributed by atoms with Crippen LogP contribution in [0.5, 0.6) is 0 Å². The number of hydrogen-bond donors (Lipinski definition) is 4. The molecule has 112 valence electrons. The standard InChI is InChI=1S/C12H14ClN5O3/c13-11-16-9(14)5-10(17-11)18(3-15-5)6-4-1-12(4,2-19)8(21)7(6)20/h3-4,6-8,19-21H,1-2H2,(H2,14,16,17)/t4-,6-,7-,8-,12+/m1/s1. The van der Waals surface area contributed by atoms with Crippen molar-refractivity contribution in [2.24, 2.45) is 11.3 Å². The monoisotopic (exact) mass is 311 g/mol. The fraction of sp³-hybridized carbons (Fsp3) is 0.583. The first-order valence-electron chi connectivity index (χ1n) is 6.62. The molecule has 2 saturated carbocycles. The predicted octanol–water partition coefficient (Wildman–Crippen LogP) is -0.663. The van der Waals surface area contributed by atoms with E-state index in [-0.39, 0.29) is 23.6 Å². The van der Waals surface area contributed by atoms with Crippen molar-refractivity contribution in [3.05, 3.63) is 11.6 Å². The van der Waals surface area contributed by atoms with Gasteiger partial charge in [-0.25, -0.2) is 4.98 Å². The van der Waals surface area contributed by atoms with E-state index in [2.05, 4.69) is 15.0 Å². The maximum atomic E-state index is 10.3. The van der Waals surface area contributed by atoms with Crippen LogP contribution in [0.4, 0.5) is 5.82 Å². The van der Waals surface area contributed by atoms with Crippen molar-refractivity contribution in [3.8, 4) is 0 Å². The minimum atomic E-state index is -0.997. The number of imidazole rings is 1. The van der Waals surface area contributed by atoms with Crippen LogP contribution in [0.2, 0.25) is 5.28 Å². The number of nitrogens with zero attached hydrogens (tertiary/aromatic N) is 4. The Bertz CT molecular complexity index is 737. The van der Waals surface area contributed by atoms with E-state index in [1.165, 1.54) is 6.33 Å². The molecule has 0 bridgehead atoms. The first-order valence-corrected chi connectivity index (χ1v) is 7.00.